The molecule has 35 heavy (non-hydrogen) atoms. The van der Waals surface area contributed by atoms with Gasteiger partial charge >= 0.3 is 0 Å². The van der Waals surface area contributed by atoms with Crippen molar-refractivity contribution < 1.29 is 4.79 Å². The van der Waals surface area contributed by atoms with E-state index in [1.807, 2.05) is 54.6 Å². The Bertz CT molecular complexity index is 1260. The highest BCUT2D eigenvalue weighted by atomic mass is 32.1. The highest BCUT2D eigenvalue weighted by molar-refractivity contribution is 7.15. The van der Waals surface area contributed by atoms with E-state index in [1.54, 1.807) is 0 Å². The normalized spacial score (nSPS) is 11.5. The number of rotatable bonds is 11. The van der Waals surface area contributed by atoms with Crippen LogP contribution >= 0.6 is 11.3 Å². The number of carbonyl (C=O) groups excluding carboxylic acids is 1. The van der Waals surface area contributed by atoms with Gasteiger partial charge < -0.3 is 21.8 Å². The van der Waals surface area contributed by atoms with Crippen LogP contribution in [-0.4, -0.2) is 21.1 Å². The maximum absolute atomic E-state index is 12.2. The number of aryl methyl sites for hydroxylation is 1. The van der Waals surface area contributed by atoms with Crippen LogP contribution in [0.5, 0.6) is 0 Å². The van der Waals surface area contributed by atoms with Crippen molar-refractivity contribution in [2.45, 2.75) is 38.5 Å². The standard InChI is InChI=1S/C27H30N6OS/c28-22(17-21-18-23(30-26(21)29)15-19-9-3-1-4-10-19)13-7-8-14-25-32-33-27(35-25)31-24(34)16-20-11-5-2-6-12-20/h1-6,9-12,17-18,30H,7-8,13-16,28-29H2,(H,31,33,34)/b22-17-. The van der Waals surface area contributed by atoms with Crippen LogP contribution in [0.25, 0.3) is 6.08 Å². The fourth-order valence-electron chi connectivity index (χ4n) is 3.80. The maximum Gasteiger partial charge on any atom is 0.230 e. The van der Waals surface area contributed by atoms with Gasteiger partial charge in [0.25, 0.3) is 0 Å². The van der Waals surface area contributed by atoms with Gasteiger partial charge in [-0.3, -0.25) is 4.79 Å². The number of hydrogen-bond acceptors (Lipinski definition) is 6. The zero-order chi connectivity index (χ0) is 24.5. The number of allylic oxidation sites excluding steroid dienone is 1. The first-order chi connectivity index (χ1) is 17.0. The number of anilines is 2. The van der Waals surface area contributed by atoms with E-state index in [9.17, 15) is 4.79 Å². The predicted octanol–water partition coefficient (Wildman–Crippen LogP) is 4.93. The van der Waals surface area contributed by atoms with Gasteiger partial charge in [-0.1, -0.05) is 72.0 Å². The molecular formula is C27H30N6OS. The van der Waals surface area contributed by atoms with E-state index in [1.165, 1.54) is 16.9 Å². The Labute approximate surface area is 209 Å². The van der Waals surface area contributed by atoms with Crippen molar-refractivity contribution >= 4 is 34.3 Å². The van der Waals surface area contributed by atoms with Gasteiger partial charge in [0.15, 0.2) is 0 Å². The number of aromatic nitrogens is 3. The van der Waals surface area contributed by atoms with Gasteiger partial charge in [-0.15, -0.1) is 10.2 Å². The molecule has 0 unspecified atom stereocenters. The Morgan fingerprint density at radius 3 is 2.46 bits per heavy atom. The first kappa shape index (κ1) is 24.2. The second kappa shape index (κ2) is 12.0. The molecule has 1 amide bonds. The summed E-state index contributed by atoms with van der Waals surface area (Å²) in [6, 6.07) is 22.0. The molecule has 4 aromatic rings. The minimum Gasteiger partial charge on any atom is -0.402 e. The smallest absolute Gasteiger partial charge is 0.230 e. The van der Waals surface area contributed by atoms with Crippen LogP contribution in [0.3, 0.4) is 0 Å². The van der Waals surface area contributed by atoms with Crippen molar-refractivity contribution in [2.75, 3.05) is 11.1 Å². The number of nitrogens with zero attached hydrogens (tertiary/aromatic N) is 2. The van der Waals surface area contributed by atoms with Crippen LogP contribution in [-0.2, 0) is 24.1 Å². The van der Waals surface area contributed by atoms with Crippen LogP contribution in [0.1, 0.15) is 46.7 Å². The summed E-state index contributed by atoms with van der Waals surface area (Å²) in [6.07, 6.45) is 6.51. The van der Waals surface area contributed by atoms with Gasteiger partial charge in [0.1, 0.15) is 10.8 Å². The largest absolute Gasteiger partial charge is 0.402 e. The molecule has 0 aliphatic heterocycles. The van der Waals surface area contributed by atoms with Crippen LogP contribution in [0, 0.1) is 0 Å². The molecule has 0 saturated carbocycles. The zero-order valence-corrected chi connectivity index (χ0v) is 20.4. The molecule has 7 nitrogen and oxygen atoms in total. The summed E-state index contributed by atoms with van der Waals surface area (Å²) in [5.41, 5.74) is 17.4. The van der Waals surface area contributed by atoms with Crippen LogP contribution in [0.15, 0.2) is 72.4 Å². The summed E-state index contributed by atoms with van der Waals surface area (Å²) >= 11 is 1.42. The summed E-state index contributed by atoms with van der Waals surface area (Å²) in [4.78, 5) is 15.4. The molecule has 4 rings (SSSR count). The minimum atomic E-state index is -0.0900. The Morgan fingerprint density at radius 2 is 1.71 bits per heavy atom. The molecule has 0 bridgehead atoms. The van der Waals surface area contributed by atoms with E-state index in [0.29, 0.717) is 17.4 Å². The van der Waals surface area contributed by atoms with Crippen molar-refractivity contribution in [1.29, 1.82) is 0 Å². The summed E-state index contributed by atoms with van der Waals surface area (Å²) in [5, 5.41) is 12.6. The number of nitrogens with two attached hydrogens (primary N) is 2. The molecule has 0 aliphatic rings. The lowest BCUT2D eigenvalue weighted by Gasteiger charge is -2.01. The molecule has 2 heterocycles. The van der Waals surface area contributed by atoms with Crippen LogP contribution in [0.2, 0.25) is 0 Å². The van der Waals surface area contributed by atoms with E-state index >= 15 is 0 Å². The molecular weight excluding hydrogens is 456 g/mol. The van der Waals surface area contributed by atoms with E-state index < -0.39 is 0 Å². The van der Waals surface area contributed by atoms with Crippen LogP contribution in [0.4, 0.5) is 10.9 Å². The van der Waals surface area contributed by atoms with Crippen molar-refractivity contribution in [3.63, 3.8) is 0 Å². The second-order valence-electron chi connectivity index (χ2n) is 8.46. The van der Waals surface area contributed by atoms with E-state index in [4.69, 9.17) is 11.5 Å². The number of aromatic amines is 1. The summed E-state index contributed by atoms with van der Waals surface area (Å²) in [7, 11) is 0. The maximum atomic E-state index is 12.2. The predicted molar refractivity (Wildman–Crippen MR) is 143 cm³/mol. The quantitative estimate of drug-likeness (QED) is 0.224. The Balaban J connectivity index is 1.20. The van der Waals surface area contributed by atoms with Gasteiger partial charge in [-0.05, 0) is 42.5 Å². The fourth-order valence-corrected chi connectivity index (χ4v) is 4.60. The van der Waals surface area contributed by atoms with Gasteiger partial charge in [0.2, 0.25) is 11.0 Å². The van der Waals surface area contributed by atoms with E-state index in [0.717, 1.165) is 59.6 Å². The van der Waals surface area contributed by atoms with Crippen molar-refractivity contribution in [3.05, 3.63) is 99.8 Å². The Hall–Kier alpha value is -3.91. The van der Waals surface area contributed by atoms with E-state index in [2.05, 4.69) is 38.7 Å². The lowest BCUT2D eigenvalue weighted by Crippen LogP contribution is -2.14. The van der Waals surface area contributed by atoms with E-state index in [-0.39, 0.29) is 5.91 Å². The SMILES string of the molecule is N/C(=C\c1cc(Cc2ccccc2)[nH]c1N)CCCCc1nnc(NC(=O)Cc2ccccc2)s1. The molecule has 0 aliphatic carbocycles. The molecule has 0 spiro atoms. The highest BCUT2D eigenvalue weighted by Gasteiger charge is 2.09. The van der Waals surface area contributed by atoms with Crippen molar-refractivity contribution in [1.82, 2.24) is 15.2 Å². The highest BCUT2D eigenvalue weighted by Crippen LogP contribution is 2.21. The molecule has 0 atom stereocenters. The summed E-state index contributed by atoms with van der Waals surface area (Å²) < 4.78 is 0. The summed E-state index contributed by atoms with van der Waals surface area (Å²) in [5.74, 6) is 0.544. The third-order valence-electron chi connectivity index (χ3n) is 5.54. The number of nitrogens with one attached hydrogen (secondary N) is 2. The number of H-pyrrole nitrogens is 1. The molecule has 180 valence electrons. The van der Waals surface area contributed by atoms with Crippen molar-refractivity contribution in [2.24, 2.45) is 5.73 Å². The lowest BCUT2D eigenvalue weighted by molar-refractivity contribution is -0.115. The first-order valence-corrected chi connectivity index (χ1v) is 12.5. The average molecular weight is 487 g/mol. The Morgan fingerprint density at radius 1 is 1.00 bits per heavy atom. The van der Waals surface area contributed by atoms with Gasteiger partial charge in [0.05, 0.1) is 6.42 Å². The third-order valence-corrected chi connectivity index (χ3v) is 6.44. The lowest BCUT2D eigenvalue weighted by atomic mass is 10.1. The van der Waals surface area contributed by atoms with Crippen LogP contribution < -0.4 is 16.8 Å². The monoisotopic (exact) mass is 486 g/mol. The van der Waals surface area contributed by atoms with Crippen molar-refractivity contribution in [3.8, 4) is 0 Å². The molecule has 8 heteroatoms. The number of benzene rings is 2. The topological polar surface area (TPSA) is 123 Å². The number of carbonyl (C=O) groups is 1. The number of amides is 1. The average Bonchev–Trinajstić information content (AvgIpc) is 3.43. The number of unbranched alkanes of at least 4 members (excludes halogenated alkanes) is 1. The molecule has 2 aromatic heterocycles. The number of nitrogen functional groups attached to an aromatic ring is 1. The van der Waals surface area contributed by atoms with Gasteiger partial charge in [-0.2, -0.15) is 0 Å². The molecule has 0 fully saturated rings. The van der Waals surface area contributed by atoms with Gasteiger partial charge in [0, 0.05) is 29.8 Å². The molecule has 0 saturated heterocycles. The van der Waals surface area contributed by atoms with Gasteiger partial charge in [-0.25, -0.2) is 0 Å². The zero-order valence-electron chi connectivity index (χ0n) is 19.5. The molecule has 0 radical (unpaired) electrons. The number of hydrogen-bond donors (Lipinski definition) is 4. The first-order valence-electron chi connectivity index (χ1n) is 11.7. The second-order valence-corrected chi connectivity index (χ2v) is 9.53. The minimum absolute atomic E-state index is 0.0900. The summed E-state index contributed by atoms with van der Waals surface area (Å²) in [6.45, 7) is 0. The molecule has 2 aromatic carbocycles. The fraction of sp³-hybridized carbons (Fsp3) is 0.222. The molecule has 6 N–H and O–H groups in total. The third kappa shape index (κ3) is 7.55. The Kier molecular flexibility index (Phi) is 8.30.